The molecule has 0 aliphatic rings. The maximum absolute atomic E-state index is 5.84. The molecule has 0 unspecified atom stereocenters. The number of hydrogen-bond acceptors (Lipinski definition) is 4. The van der Waals surface area contributed by atoms with Crippen molar-refractivity contribution < 1.29 is 4.74 Å². The van der Waals surface area contributed by atoms with Crippen LogP contribution in [0.25, 0.3) is 5.69 Å². The second kappa shape index (κ2) is 7.22. The molecule has 0 aliphatic carbocycles. The summed E-state index contributed by atoms with van der Waals surface area (Å²) in [6, 6.07) is 7.91. The zero-order chi connectivity index (χ0) is 15.2. The Labute approximate surface area is 126 Å². The smallest absolute Gasteiger partial charge is 0.145 e. The van der Waals surface area contributed by atoms with Crippen LogP contribution in [-0.4, -0.2) is 21.6 Å². The molecule has 0 aliphatic heterocycles. The summed E-state index contributed by atoms with van der Waals surface area (Å²) in [4.78, 5) is 0. The van der Waals surface area contributed by atoms with Gasteiger partial charge in [0.25, 0.3) is 0 Å². The highest BCUT2D eigenvalue weighted by molar-refractivity contribution is 5.47. The highest BCUT2D eigenvalue weighted by Crippen LogP contribution is 2.30. The van der Waals surface area contributed by atoms with Crippen molar-refractivity contribution >= 4 is 0 Å². The van der Waals surface area contributed by atoms with Crippen LogP contribution in [0.4, 0.5) is 0 Å². The molecule has 0 spiro atoms. The lowest BCUT2D eigenvalue weighted by atomic mass is 9.97. The number of nitrogens with two attached hydrogens (primary N) is 1. The van der Waals surface area contributed by atoms with Gasteiger partial charge < -0.3 is 10.5 Å². The van der Waals surface area contributed by atoms with Gasteiger partial charge in [0.05, 0.1) is 12.3 Å². The number of benzene rings is 1. The third kappa shape index (κ3) is 3.08. The highest BCUT2D eigenvalue weighted by Gasteiger charge is 2.21. The van der Waals surface area contributed by atoms with Gasteiger partial charge in [0.15, 0.2) is 0 Å². The van der Waals surface area contributed by atoms with E-state index < -0.39 is 0 Å². The number of nitrogens with zero attached hydrogens (tertiary/aromatic N) is 3. The topological polar surface area (TPSA) is 66.0 Å². The standard InChI is InChI=1S/C16H24N4O/c1-4-12(5-2)16-13(11-17)18-19-20(16)14-9-7-8-10-15(14)21-6-3/h7-10,12H,4-6,11,17H2,1-3H3. The quantitative estimate of drug-likeness (QED) is 0.850. The van der Waals surface area contributed by atoms with E-state index in [9.17, 15) is 0 Å². The Morgan fingerprint density at radius 2 is 1.90 bits per heavy atom. The van der Waals surface area contributed by atoms with Crippen molar-refractivity contribution in [3.63, 3.8) is 0 Å². The van der Waals surface area contributed by atoms with Gasteiger partial charge in [-0.25, -0.2) is 4.68 Å². The molecule has 1 heterocycles. The molecule has 0 saturated carbocycles. The van der Waals surface area contributed by atoms with Crippen LogP contribution in [0.3, 0.4) is 0 Å². The van der Waals surface area contributed by atoms with Crippen LogP contribution in [-0.2, 0) is 6.54 Å². The lowest BCUT2D eigenvalue weighted by Crippen LogP contribution is -2.11. The molecular formula is C16H24N4O. The van der Waals surface area contributed by atoms with Gasteiger partial charge in [-0.3, -0.25) is 0 Å². The molecular weight excluding hydrogens is 264 g/mol. The van der Waals surface area contributed by atoms with Crippen molar-refractivity contribution in [3.05, 3.63) is 35.7 Å². The first kappa shape index (κ1) is 15.5. The highest BCUT2D eigenvalue weighted by atomic mass is 16.5. The van der Waals surface area contributed by atoms with Crippen LogP contribution in [0, 0.1) is 0 Å². The Kier molecular flexibility index (Phi) is 5.33. The molecule has 0 atom stereocenters. The number of hydrogen-bond donors (Lipinski definition) is 1. The monoisotopic (exact) mass is 288 g/mol. The van der Waals surface area contributed by atoms with Crippen molar-refractivity contribution in [3.8, 4) is 11.4 Å². The third-order valence-electron chi connectivity index (χ3n) is 3.74. The minimum atomic E-state index is 0.397. The molecule has 5 nitrogen and oxygen atoms in total. The van der Waals surface area contributed by atoms with E-state index in [0.29, 0.717) is 19.1 Å². The summed E-state index contributed by atoms with van der Waals surface area (Å²) in [6.45, 7) is 7.37. The van der Waals surface area contributed by atoms with E-state index in [-0.39, 0.29) is 0 Å². The van der Waals surface area contributed by atoms with Gasteiger partial charge >= 0.3 is 0 Å². The Bertz CT molecular complexity index is 575. The predicted molar refractivity (Wildman–Crippen MR) is 83.7 cm³/mol. The summed E-state index contributed by atoms with van der Waals surface area (Å²) >= 11 is 0. The van der Waals surface area contributed by atoms with Crippen LogP contribution in [0.1, 0.15) is 50.9 Å². The molecule has 1 aromatic carbocycles. The zero-order valence-electron chi connectivity index (χ0n) is 13.0. The first-order chi connectivity index (χ1) is 10.3. The Morgan fingerprint density at radius 3 is 2.52 bits per heavy atom. The lowest BCUT2D eigenvalue weighted by Gasteiger charge is -2.17. The van der Waals surface area contributed by atoms with Crippen molar-refractivity contribution in [2.75, 3.05) is 6.61 Å². The van der Waals surface area contributed by atoms with Crippen LogP contribution in [0.15, 0.2) is 24.3 Å². The van der Waals surface area contributed by atoms with Crippen LogP contribution in [0.2, 0.25) is 0 Å². The summed E-state index contributed by atoms with van der Waals surface area (Å²) < 4.78 is 7.61. The molecule has 114 valence electrons. The van der Waals surface area contributed by atoms with Crippen molar-refractivity contribution in [2.45, 2.75) is 46.1 Å². The fourth-order valence-corrected chi connectivity index (χ4v) is 2.64. The molecule has 0 radical (unpaired) electrons. The predicted octanol–water partition coefficient (Wildman–Crippen LogP) is 3.03. The van der Waals surface area contributed by atoms with Gasteiger partial charge in [0.1, 0.15) is 17.1 Å². The van der Waals surface area contributed by atoms with Crippen molar-refractivity contribution in [1.82, 2.24) is 15.0 Å². The van der Waals surface area contributed by atoms with E-state index in [4.69, 9.17) is 10.5 Å². The first-order valence-electron chi connectivity index (χ1n) is 7.63. The normalized spacial score (nSPS) is 11.1. The molecule has 0 saturated heterocycles. The van der Waals surface area contributed by atoms with E-state index >= 15 is 0 Å². The summed E-state index contributed by atoms with van der Waals surface area (Å²) in [5.41, 5.74) is 8.74. The van der Waals surface area contributed by atoms with Gasteiger partial charge in [0, 0.05) is 12.5 Å². The van der Waals surface area contributed by atoms with E-state index in [1.54, 1.807) is 0 Å². The zero-order valence-corrected chi connectivity index (χ0v) is 13.0. The fraction of sp³-hybridized carbons (Fsp3) is 0.500. The Morgan fingerprint density at radius 1 is 1.19 bits per heavy atom. The average molecular weight is 288 g/mol. The summed E-state index contributed by atoms with van der Waals surface area (Å²) in [7, 11) is 0. The Hall–Kier alpha value is -1.88. The van der Waals surface area contributed by atoms with E-state index in [2.05, 4.69) is 24.2 Å². The van der Waals surface area contributed by atoms with Gasteiger partial charge in [-0.15, -0.1) is 5.10 Å². The number of aromatic nitrogens is 3. The third-order valence-corrected chi connectivity index (χ3v) is 3.74. The molecule has 2 aromatic rings. The van der Waals surface area contributed by atoms with Crippen molar-refractivity contribution in [2.24, 2.45) is 5.73 Å². The fourth-order valence-electron chi connectivity index (χ4n) is 2.64. The molecule has 0 amide bonds. The first-order valence-corrected chi connectivity index (χ1v) is 7.63. The molecule has 0 bridgehead atoms. The summed E-state index contributed by atoms with van der Waals surface area (Å²) in [6.07, 6.45) is 2.07. The van der Waals surface area contributed by atoms with E-state index in [1.165, 1.54) is 0 Å². The summed E-state index contributed by atoms with van der Waals surface area (Å²) in [5.74, 6) is 1.22. The minimum Gasteiger partial charge on any atom is -0.492 e. The van der Waals surface area contributed by atoms with Gasteiger partial charge in [-0.05, 0) is 31.9 Å². The molecule has 5 heteroatoms. The molecule has 2 rings (SSSR count). The second-order valence-corrected chi connectivity index (χ2v) is 4.95. The van der Waals surface area contributed by atoms with Crippen LogP contribution in [0.5, 0.6) is 5.75 Å². The van der Waals surface area contributed by atoms with Gasteiger partial charge in [-0.1, -0.05) is 31.2 Å². The lowest BCUT2D eigenvalue weighted by molar-refractivity contribution is 0.337. The maximum atomic E-state index is 5.84. The Balaban J connectivity index is 2.56. The van der Waals surface area contributed by atoms with E-state index in [0.717, 1.165) is 35.7 Å². The summed E-state index contributed by atoms with van der Waals surface area (Å²) in [5, 5.41) is 8.59. The van der Waals surface area contributed by atoms with Gasteiger partial charge in [-0.2, -0.15) is 0 Å². The van der Waals surface area contributed by atoms with Crippen LogP contribution >= 0.6 is 0 Å². The second-order valence-electron chi connectivity index (χ2n) is 4.95. The minimum absolute atomic E-state index is 0.397. The molecule has 21 heavy (non-hydrogen) atoms. The van der Waals surface area contributed by atoms with Crippen LogP contribution < -0.4 is 10.5 Å². The SMILES string of the molecule is CCOc1ccccc1-n1nnc(CN)c1C(CC)CC. The number of para-hydroxylation sites is 2. The largest absolute Gasteiger partial charge is 0.492 e. The number of ether oxygens (including phenoxy) is 1. The van der Waals surface area contributed by atoms with E-state index in [1.807, 2.05) is 35.9 Å². The average Bonchev–Trinajstić information content (AvgIpc) is 2.93. The molecule has 0 fully saturated rings. The molecule has 2 N–H and O–H groups in total. The van der Waals surface area contributed by atoms with Crippen molar-refractivity contribution in [1.29, 1.82) is 0 Å². The maximum Gasteiger partial charge on any atom is 0.145 e. The number of rotatable bonds is 7. The van der Waals surface area contributed by atoms with Gasteiger partial charge in [0.2, 0.25) is 0 Å². The molecule has 1 aromatic heterocycles.